The lowest BCUT2D eigenvalue weighted by atomic mass is 10.2. The molecule has 1 unspecified atom stereocenters. The number of carbonyl (C=O) groups is 2. The molecule has 0 spiro atoms. The average molecular weight is 301 g/mol. The van der Waals surface area contributed by atoms with Crippen LogP contribution in [0.3, 0.4) is 0 Å². The lowest BCUT2D eigenvalue weighted by molar-refractivity contribution is 0.0282. The van der Waals surface area contributed by atoms with E-state index in [1.807, 2.05) is 20.8 Å². The van der Waals surface area contributed by atoms with Gasteiger partial charge in [0.15, 0.2) is 7.98 Å². The molecule has 0 aromatic heterocycles. The second-order valence-electron chi connectivity index (χ2n) is 5.59. The molecule has 1 saturated heterocycles. The van der Waals surface area contributed by atoms with Gasteiger partial charge in [-0.15, -0.1) is 0 Å². The zero-order valence-corrected chi connectivity index (χ0v) is 13.3. The molecule has 2 atom stereocenters. The van der Waals surface area contributed by atoms with E-state index in [2.05, 4.69) is 5.00 Å². The number of amides is 2. The summed E-state index contributed by atoms with van der Waals surface area (Å²) in [6.45, 7) is 6.47. The first-order valence-electron chi connectivity index (χ1n) is 6.36. The Morgan fingerprint density at radius 1 is 1.45 bits per heavy atom. The molecular weight excluding hydrogens is 280 g/mol. The quantitative estimate of drug-likeness (QED) is 0.627. The standard InChI is InChI=1S/C11H21BN3O4P/c1-11(2,3)18-10(17)15-6-5-8(7-15)14(4)9(16)19-20-13-12/h8,13,20H,5-7H2,1-4H3/t8-/m0/s1. The Kier molecular flexibility index (Phi) is 6.08. The number of rotatable bonds is 3. The molecule has 0 saturated carbocycles. The first-order valence-corrected chi connectivity index (χ1v) is 7.27. The van der Waals surface area contributed by atoms with E-state index < -0.39 is 11.7 Å². The van der Waals surface area contributed by atoms with Gasteiger partial charge in [-0.25, -0.2) is 9.59 Å². The van der Waals surface area contributed by atoms with Crippen molar-refractivity contribution in [3.05, 3.63) is 0 Å². The third-order valence-corrected chi connectivity index (χ3v) is 3.24. The summed E-state index contributed by atoms with van der Waals surface area (Å²) in [5.74, 6) is 0. The Balaban J connectivity index is 2.46. The monoisotopic (exact) mass is 301 g/mol. The molecule has 7 nitrogen and oxygen atoms in total. The van der Waals surface area contributed by atoms with E-state index in [4.69, 9.17) is 17.2 Å². The third-order valence-electron chi connectivity index (χ3n) is 2.85. The molecular formula is C11H21BN3O4P. The van der Waals surface area contributed by atoms with Crippen LogP contribution in [0, 0.1) is 0 Å². The van der Waals surface area contributed by atoms with Crippen LogP contribution in [0.2, 0.25) is 0 Å². The van der Waals surface area contributed by atoms with Crippen molar-refractivity contribution in [1.29, 1.82) is 0 Å². The van der Waals surface area contributed by atoms with Crippen molar-refractivity contribution in [1.82, 2.24) is 14.8 Å². The Labute approximate surface area is 122 Å². The molecule has 0 aromatic carbocycles. The molecule has 1 fully saturated rings. The first-order chi connectivity index (χ1) is 9.24. The summed E-state index contributed by atoms with van der Waals surface area (Å²) in [6.07, 6.45) is -0.117. The number of nitrogens with zero attached hydrogens (tertiary/aromatic N) is 2. The smallest absolute Gasteiger partial charge is 0.413 e. The number of ether oxygens (including phenoxy) is 1. The van der Waals surface area contributed by atoms with Gasteiger partial charge in [0.2, 0.25) is 0 Å². The van der Waals surface area contributed by atoms with Crippen molar-refractivity contribution in [3.8, 4) is 0 Å². The van der Waals surface area contributed by atoms with Crippen molar-refractivity contribution >= 4 is 29.1 Å². The molecule has 0 aromatic rings. The molecule has 2 amide bonds. The summed E-state index contributed by atoms with van der Waals surface area (Å²) in [6, 6.07) is -0.0717. The van der Waals surface area contributed by atoms with Crippen LogP contribution in [0.4, 0.5) is 9.59 Å². The molecule has 0 aliphatic carbocycles. The van der Waals surface area contributed by atoms with Gasteiger partial charge < -0.3 is 24.1 Å². The highest BCUT2D eigenvalue weighted by Crippen LogP contribution is 2.19. The van der Waals surface area contributed by atoms with Gasteiger partial charge >= 0.3 is 12.2 Å². The molecule has 2 radical (unpaired) electrons. The van der Waals surface area contributed by atoms with Crippen LogP contribution < -0.4 is 5.00 Å². The summed E-state index contributed by atoms with van der Waals surface area (Å²) < 4.78 is 10.2. The van der Waals surface area contributed by atoms with Crippen LogP contribution in [-0.4, -0.2) is 61.7 Å². The van der Waals surface area contributed by atoms with Crippen molar-refractivity contribution in [3.63, 3.8) is 0 Å². The minimum absolute atomic E-state index is 0.0717. The lowest BCUT2D eigenvalue weighted by Gasteiger charge is -2.26. The van der Waals surface area contributed by atoms with E-state index in [-0.39, 0.29) is 21.1 Å². The SMILES string of the molecule is [B]NPOC(=O)N(C)[C@H]1CCN(C(=O)OC(C)(C)C)C1. The van der Waals surface area contributed by atoms with Crippen LogP contribution in [0.1, 0.15) is 27.2 Å². The van der Waals surface area contributed by atoms with Crippen molar-refractivity contribution in [2.24, 2.45) is 0 Å². The predicted molar refractivity (Wildman–Crippen MR) is 77.7 cm³/mol. The Bertz CT molecular complexity index is 364. The molecule has 0 bridgehead atoms. The molecule has 112 valence electrons. The molecule has 20 heavy (non-hydrogen) atoms. The number of hydrogen-bond acceptors (Lipinski definition) is 5. The van der Waals surface area contributed by atoms with E-state index in [1.54, 1.807) is 11.9 Å². The molecule has 1 N–H and O–H groups in total. The molecule has 1 aliphatic rings. The molecule has 1 aliphatic heterocycles. The maximum absolute atomic E-state index is 11.9. The number of hydrogen-bond donors (Lipinski definition) is 1. The Morgan fingerprint density at radius 3 is 2.65 bits per heavy atom. The van der Waals surface area contributed by atoms with Crippen LogP contribution in [0.15, 0.2) is 0 Å². The van der Waals surface area contributed by atoms with Gasteiger partial charge in [-0.05, 0) is 27.2 Å². The average Bonchev–Trinajstić information content (AvgIpc) is 2.82. The fourth-order valence-corrected chi connectivity index (χ4v) is 2.13. The Hall–Kier alpha value is -1.01. The molecule has 9 heteroatoms. The first kappa shape index (κ1) is 17.0. The fraction of sp³-hybridized carbons (Fsp3) is 0.818. The lowest BCUT2D eigenvalue weighted by Crippen LogP contribution is -2.41. The van der Waals surface area contributed by atoms with E-state index in [0.717, 1.165) is 0 Å². The van der Waals surface area contributed by atoms with Gasteiger partial charge in [-0.1, -0.05) is 0 Å². The maximum Gasteiger partial charge on any atom is 0.413 e. The van der Waals surface area contributed by atoms with Crippen LogP contribution in [-0.2, 0) is 9.26 Å². The van der Waals surface area contributed by atoms with Crippen LogP contribution >= 0.6 is 8.96 Å². The Morgan fingerprint density at radius 2 is 2.10 bits per heavy atom. The highest BCUT2D eigenvalue weighted by atomic mass is 31.1. The zero-order valence-electron chi connectivity index (χ0n) is 12.3. The molecule has 1 heterocycles. The van der Waals surface area contributed by atoms with Gasteiger partial charge in [0.05, 0.1) is 6.04 Å². The molecule has 1 rings (SSSR count). The number of nitrogens with one attached hydrogen (secondary N) is 1. The predicted octanol–water partition coefficient (Wildman–Crippen LogP) is 1.25. The topological polar surface area (TPSA) is 71.1 Å². The van der Waals surface area contributed by atoms with Gasteiger partial charge in [-0.3, -0.25) is 0 Å². The normalized spacial score (nSPS) is 19.4. The van der Waals surface area contributed by atoms with Crippen LogP contribution in [0.5, 0.6) is 0 Å². The van der Waals surface area contributed by atoms with E-state index >= 15 is 0 Å². The summed E-state index contributed by atoms with van der Waals surface area (Å²) in [5, 5.41) is 0. The van der Waals surface area contributed by atoms with Gasteiger partial charge in [0.1, 0.15) is 14.6 Å². The third kappa shape index (κ3) is 5.17. The fourth-order valence-electron chi connectivity index (χ4n) is 1.84. The summed E-state index contributed by atoms with van der Waals surface area (Å²) in [5.41, 5.74) is -0.520. The van der Waals surface area contributed by atoms with Gasteiger partial charge in [0.25, 0.3) is 0 Å². The minimum Gasteiger partial charge on any atom is -0.444 e. The zero-order chi connectivity index (χ0) is 15.3. The van der Waals surface area contributed by atoms with Crippen molar-refractivity contribution in [2.75, 3.05) is 20.1 Å². The highest BCUT2D eigenvalue weighted by Gasteiger charge is 2.33. The number of likely N-dealkylation sites (N-methyl/N-ethyl adjacent to an activating group) is 1. The summed E-state index contributed by atoms with van der Waals surface area (Å²) >= 11 is 0. The van der Waals surface area contributed by atoms with E-state index in [0.29, 0.717) is 19.5 Å². The maximum atomic E-state index is 11.9. The van der Waals surface area contributed by atoms with Crippen LogP contribution in [0.25, 0.3) is 0 Å². The minimum atomic E-state index is -0.520. The van der Waals surface area contributed by atoms with Crippen molar-refractivity contribution < 1.29 is 18.8 Å². The van der Waals surface area contributed by atoms with E-state index in [9.17, 15) is 9.59 Å². The second-order valence-corrected chi connectivity index (χ2v) is 6.29. The summed E-state index contributed by atoms with van der Waals surface area (Å²) in [4.78, 5) is 28.9. The van der Waals surface area contributed by atoms with E-state index in [1.165, 1.54) is 4.90 Å². The van der Waals surface area contributed by atoms with Gasteiger partial charge in [0, 0.05) is 20.1 Å². The number of likely N-dealkylation sites (tertiary alicyclic amines) is 1. The number of carbonyl (C=O) groups excluding carboxylic acids is 2. The van der Waals surface area contributed by atoms with Crippen molar-refractivity contribution in [2.45, 2.75) is 38.8 Å². The highest BCUT2D eigenvalue weighted by molar-refractivity contribution is 7.32. The summed E-state index contributed by atoms with van der Waals surface area (Å²) in [7, 11) is 6.41. The largest absolute Gasteiger partial charge is 0.444 e. The van der Waals surface area contributed by atoms with Gasteiger partial charge in [-0.2, -0.15) is 0 Å². The second kappa shape index (κ2) is 7.13.